The zero-order valence-electron chi connectivity index (χ0n) is 10.2. The van der Waals surface area contributed by atoms with E-state index in [0.29, 0.717) is 11.6 Å². The van der Waals surface area contributed by atoms with Gasteiger partial charge in [0.15, 0.2) is 0 Å². The molecule has 0 spiro atoms. The van der Waals surface area contributed by atoms with Gasteiger partial charge >= 0.3 is 0 Å². The predicted octanol–water partition coefficient (Wildman–Crippen LogP) is 2.39. The predicted molar refractivity (Wildman–Crippen MR) is 70.4 cm³/mol. The molecule has 0 amide bonds. The molecule has 0 aliphatic rings. The van der Waals surface area contributed by atoms with Gasteiger partial charge in [-0.15, -0.1) is 0 Å². The summed E-state index contributed by atoms with van der Waals surface area (Å²) in [7, 11) is 0. The Morgan fingerprint density at radius 2 is 2.18 bits per heavy atom. The Hall–Kier alpha value is -0.610. The smallest absolute Gasteiger partial charge is 0.0928 e. The number of hydrogen-bond acceptors (Lipinski definition) is 3. The second-order valence-corrected chi connectivity index (χ2v) is 4.20. The van der Waals surface area contributed by atoms with Crippen LogP contribution in [0.4, 0.5) is 0 Å². The number of aliphatic hydroxyl groups is 1. The quantitative estimate of drug-likeness (QED) is 0.703. The molecule has 1 unspecified atom stereocenters. The number of ether oxygens (including phenoxy) is 1. The zero-order chi connectivity index (χ0) is 12.5. The second-order valence-electron chi connectivity index (χ2n) is 3.79. The highest BCUT2D eigenvalue weighted by Crippen LogP contribution is 2.21. The van der Waals surface area contributed by atoms with Gasteiger partial charge in [-0.25, -0.2) is 0 Å². The van der Waals surface area contributed by atoms with Crippen LogP contribution in [0.2, 0.25) is 5.02 Å². The highest BCUT2D eigenvalue weighted by atomic mass is 35.5. The van der Waals surface area contributed by atoms with Crippen LogP contribution in [0.3, 0.4) is 0 Å². The average Bonchev–Trinajstić information content (AvgIpc) is 2.34. The first-order valence-electron chi connectivity index (χ1n) is 5.96. The van der Waals surface area contributed by atoms with E-state index in [0.717, 1.165) is 31.7 Å². The normalized spacial score (nSPS) is 12.6. The monoisotopic (exact) mass is 257 g/mol. The van der Waals surface area contributed by atoms with Gasteiger partial charge in [0.1, 0.15) is 0 Å². The summed E-state index contributed by atoms with van der Waals surface area (Å²) in [4.78, 5) is 0. The van der Waals surface area contributed by atoms with Gasteiger partial charge in [-0.05, 0) is 26.0 Å². The molecule has 3 nitrogen and oxygen atoms in total. The number of aliphatic hydroxyl groups excluding tert-OH is 1. The van der Waals surface area contributed by atoms with Crippen molar-refractivity contribution in [3.63, 3.8) is 0 Å². The van der Waals surface area contributed by atoms with E-state index in [2.05, 4.69) is 5.32 Å². The summed E-state index contributed by atoms with van der Waals surface area (Å²) < 4.78 is 5.22. The topological polar surface area (TPSA) is 41.5 Å². The van der Waals surface area contributed by atoms with Gasteiger partial charge in [-0.1, -0.05) is 29.8 Å². The molecule has 1 aromatic rings. The van der Waals surface area contributed by atoms with Crippen LogP contribution in [0, 0.1) is 0 Å². The molecular weight excluding hydrogens is 238 g/mol. The lowest BCUT2D eigenvalue weighted by Crippen LogP contribution is -2.23. The van der Waals surface area contributed by atoms with Crippen molar-refractivity contribution in [2.24, 2.45) is 0 Å². The number of benzene rings is 1. The highest BCUT2D eigenvalue weighted by Gasteiger charge is 2.09. The molecule has 2 N–H and O–H groups in total. The number of rotatable bonds is 8. The summed E-state index contributed by atoms with van der Waals surface area (Å²) in [5.41, 5.74) is 0.770. The minimum absolute atomic E-state index is 0.510. The lowest BCUT2D eigenvalue weighted by Gasteiger charge is -2.13. The standard InChI is InChI=1S/C13H20ClNO2/c1-2-17-9-5-8-15-10-13(16)11-6-3-4-7-12(11)14/h3-4,6-7,13,15-16H,2,5,8-10H2,1H3. The molecular formula is C13H20ClNO2. The summed E-state index contributed by atoms with van der Waals surface area (Å²) in [5, 5.41) is 13.7. The largest absolute Gasteiger partial charge is 0.387 e. The second kappa shape index (κ2) is 8.48. The van der Waals surface area contributed by atoms with Crippen molar-refractivity contribution >= 4 is 11.6 Å². The Morgan fingerprint density at radius 3 is 2.88 bits per heavy atom. The third-order valence-corrected chi connectivity index (χ3v) is 2.79. The molecule has 0 aromatic heterocycles. The van der Waals surface area contributed by atoms with Crippen LogP contribution >= 0.6 is 11.6 Å². The first kappa shape index (κ1) is 14.5. The van der Waals surface area contributed by atoms with E-state index in [9.17, 15) is 5.11 Å². The van der Waals surface area contributed by atoms with Gasteiger partial charge in [-0.3, -0.25) is 0 Å². The first-order valence-corrected chi connectivity index (χ1v) is 6.34. The molecule has 1 aromatic carbocycles. The van der Waals surface area contributed by atoms with Gasteiger partial charge < -0.3 is 15.2 Å². The summed E-state index contributed by atoms with van der Waals surface area (Å²) in [6.07, 6.45) is 0.388. The molecule has 17 heavy (non-hydrogen) atoms. The van der Waals surface area contributed by atoms with Crippen LogP contribution in [0.5, 0.6) is 0 Å². The number of nitrogens with one attached hydrogen (secondary N) is 1. The van der Waals surface area contributed by atoms with Crippen molar-refractivity contribution in [3.05, 3.63) is 34.9 Å². The summed E-state index contributed by atoms with van der Waals surface area (Å²) in [5.74, 6) is 0. The van der Waals surface area contributed by atoms with Crippen LogP contribution in [0.1, 0.15) is 25.0 Å². The molecule has 0 saturated heterocycles. The van der Waals surface area contributed by atoms with Gasteiger partial charge in [0.2, 0.25) is 0 Å². The molecule has 0 radical (unpaired) electrons. The fourth-order valence-electron chi connectivity index (χ4n) is 1.54. The lowest BCUT2D eigenvalue weighted by atomic mass is 10.1. The van der Waals surface area contributed by atoms with Gasteiger partial charge in [0.25, 0.3) is 0 Å². The maximum Gasteiger partial charge on any atom is 0.0928 e. The molecule has 1 atom stereocenters. The Balaban J connectivity index is 2.21. The van der Waals surface area contributed by atoms with Crippen molar-refractivity contribution in [1.29, 1.82) is 0 Å². The van der Waals surface area contributed by atoms with Gasteiger partial charge in [-0.2, -0.15) is 0 Å². The van der Waals surface area contributed by atoms with Crippen LogP contribution in [-0.4, -0.2) is 31.4 Å². The molecule has 0 aliphatic carbocycles. The minimum Gasteiger partial charge on any atom is -0.387 e. The van der Waals surface area contributed by atoms with Crippen LogP contribution in [0.15, 0.2) is 24.3 Å². The summed E-state index contributed by atoms with van der Waals surface area (Å²) in [6, 6.07) is 7.36. The molecule has 4 heteroatoms. The number of hydrogen-bond donors (Lipinski definition) is 2. The van der Waals surface area contributed by atoms with E-state index >= 15 is 0 Å². The molecule has 0 aliphatic heterocycles. The zero-order valence-corrected chi connectivity index (χ0v) is 10.9. The molecule has 0 fully saturated rings. The van der Waals surface area contributed by atoms with E-state index in [1.165, 1.54) is 0 Å². The number of halogens is 1. The fraction of sp³-hybridized carbons (Fsp3) is 0.538. The van der Waals surface area contributed by atoms with Crippen LogP contribution in [0.25, 0.3) is 0 Å². The third kappa shape index (κ3) is 5.50. The van der Waals surface area contributed by atoms with Crippen molar-refractivity contribution in [2.45, 2.75) is 19.4 Å². The fourth-order valence-corrected chi connectivity index (χ4v) is 1.80. The first-order chi connectivity index (χ1) is 8.25. The Labute approximate surface area is 108 Å². The third-order valence-electron chi connectivity index (χ3n) is 2.45. The van der Waals surface area contributed by atoms with E-state index in [1.807, 2.05) is 25.1 Å². The molecule has 1 rings (SSSR count). The Kier molecular flexibility index (Phi) is 7.21. The van der Waals surface area contributed by atoms with Crippen LogP contribution < -0.4 is 5.32 Å². The minimum atomic E-state index is -0.559. The van der Waals surface area contributed by atoms with Gasteiger partial charge in [0.05, 0.1) is 6.10 Å². The average molecular weight is 258 g/mol. The molecule has 0 bridgehead atoms. The van der Waals surface area contributed by atoms with E-state index < -0.39 is 6.10 Å². The van der Waals surface area contributed by atoms with E-state index in [4.69, 9.17) is 16.3 Å². The molecule has 0 saturated carbocycles. The van der Waals surface area contributed by atoms with Crippen LogP contribution in [-0.2, 0) is 4.74 Å². The highest BCUT2D eigenvalue weighted by molar-refractivity contribution is 6.31. The van der Waals surface area contributed by atoms with Crippen molar-refractivity contribution in [1.82, 2.24) is 5.32 Å². The SMILES string of the molecule is CCOCCCNCC(O)c1ccccc1Cl. The van der Waals surface area contributed by atoms with E-state index in [-0.39, 0.29) is 0 Å². The Morgan fingerprint density at radius 1 is 1.41 bits per heavy atom. The summed E-state index contributed by atoms with van der Waals surface area (Å²) in [6.45, 7) is 4.83. The maximum atomic E-state index is 9.93. The molecule has 0 heterocycles. The summed E-state index contributed by atoms with van der Waals surface area (Å²) >= 11 is 5.99. The van der Waals surface area contributed by atoms with Crippen molar-refractivity contribution < 1.29 is 9.84 Å². The maximum absolute atomic E-state index is 9.93. The van der Waals surface area contributed by atoms with E-state index in [1.54, 1.807) is 6.07 Å². The molecule has 96 valence electrons. The van der Waals surface area contributed by atoms with Crippen molar-refractivity contribution in [3.8, 4) is 0 Å². The van der Waals surface area contributed by atoms with Crippen molar-refractivity contribution in [2.75, 3.05) is 26.3 Å². The van der Waals surface area contributed by atoms with Gasteiger partial charge in [0, 0.05) is 30.3 Å². The lowest BCUT2D eigenvalue weighted by molar-refractivity contribution is 0.141. The Bertz CT molecular complexity index is 320.